The summed E-state index contributed by atoms with van der Waals surface area (Å²) in [5.41, 5.74) is 0.645. The van der Waals surface area contributed by atoms with Crippen molar-refractivity contribution in [1.29, 1.82) is 0 Å². The average Bonchev–Trinajstić information content (AvgIpc) is 2.54. The summed E-state index contributed by atoms with van der Waals surface area (Å²) < 4.78 is 23.1. The minimum atomic E-state index is -0.413. The van der Waals surface area contributed by atoms with Crippen molar-refractivity contribution in [1.82, 2.24) is 0 Å². The fraction of sp³-hybridized carbons (Fsp3) is 0.474. The van der Waals surface area contributed by atoms with Crippen molar-refractivity contribution < 1.29 is 18.8 Å². The lowest BCUT2D eigenvalue weighted by molar-refractivity contribution is -0.0936. The van der Waals surface area contributed by atoms with Gasteiger partial charge in [0.2, 0.25) is 0 Å². The van der Waals surface area contributed by atoms with Crippen LogP contribution in [0.25, 0.3) is 10.8 Å². The van der Waals surface area contributed by atoms with Gasteiger partial charge in [0.15, 0.2) is 6.79 Å². The molecule has 0 N–H and O–H groups in total. The minimum Gasteiger partial charge on any atom is -0.468 e. The molecular weight excluding hydrogens is 303 g/mol. The summed E-state index contributed by atoms with van der Waals surface area (Å²) in [5.74, 6) is 0.750. The first-order valence-electron chi connectivity index (χ1n) is 8.28. The molecule has 3 rings (SSSR count). The number of hydrogen-bond donors (Lipinski definition) is 0. The second-order valence-electron chi connectivity index (χ2n) is 7.44. The van der Waals surface area contributed by atoms with Gasteiger partial charge in [-0.3, -0.25) is 0 Å². The van der Waals surface area contributed by atoms with E-state index in [0.29, 0.717) is 6.61 Å². The summed E-state index contributed by atoms with van der Waals surface area (Å²) >= 11 is 0. The molecule has 1 saturated heterocycles. The van der Waals surface area contributed by atoms with Gasteiger partial charge in [0.25, 0.3) is 0 Å². The zero-order valence-corrected chi connectivity index (χ0v) is 15.1. The van der Waals surface area contributed by atoms with Crippen molar-refractivity contribution in [3.63, 3.8) is 0 Å². The van der Waals surface area contributed by atoms with E-state index in [1.165, 1.54) is 0 Å². The van der Waals surface area contributed by atoms with Crippen LogP contribution in [0.5, 0.6) is 5.75 Å². The quantitative estimate of drug-likeness (QED) is 0.637. The normalized spacial score (nSPS) is 19.5. The van der Waals surface area contributed by atoms with E-state index in [1.807, 2.05) is 24.3 Å². The van der Waals surface area contributed by atoms with Gasteiger partial charge in [0.1, 0.15) is 5.75 Å². The molecule has 0 saturated carbocycles. The largest absolute Gasteiger partial charge is 0.495 e. The van der Waals surface area contributed by atoms with Crippen LogP contribution in [-0.2, 0) is 14.0 Å². The van der Waals surface area contributed by atoms with Crippen molar-refractivity contribution in [3.8, 4) is 5.75 Å². The summed E-state index contributed by atoms with van der Waals surface area (Å²) in [6.07, 6.45) is 0. The summed E-state index contributed by atoms with van der Waals surface area (Å²) in [6, 6.07) is 12.2. The molecule has 1 aliphatic rings. The second kappa shape index (κ2) is 6.39. The Morgan fingerprint density at radius 1 is 1.12 bits per heavy atom. The van der Waals surface area contributed by atoms with Gasteiger partial charge in [0.05, 0.1) is 5.60 Å². The highest BCUT2D eigenvalue weighted by atomic mass is 16.7. The Bertz CT molecular complexity index is 726. The lowest BCUT2D eigenvalue weighted by Crippen LogP contribution is -2.58. The number of hydrogen-bond acceptors (Lipinski definition) is 4. The minimum absolute atomic E-state index is 0.0521. The smallest absolute Gasteiger partial charge is 0.468 e. The van der Waals surface area contributed by atoms with Gasteiger partial charge in [-0.25, -0.2) is 0 Å². The Balaban J connectivity index is 2.01. The van der Waals surface area contributed by atoms with E-state index < -0.39 is 7.12 Å². The van der Waals surface area contributed by atoms with Crippen LogP contribution in [0.4, 0.5) is 0 Å². The van der Waals surface area contributed by atoms with Crippen LogP contribution >= 0.6 is 0 Å². The van der Waals surface area contributed by atoms with Crippen LogP contribution < -0.4 is 10.2 Å². The Morgan fingerprint density at radius 3 is 2.58 bits per heavy atom. The van der Waals surface area contributed by atoms with Gasteiger partial charge in [-0.1, -0.05) is 38.1 Å². The van der Waals surface area contributed by atoms with Crippen LogP contribution in [0.2, 0.25) is 0 Å². The van der Waals surface area contributed by atoms with Crippen molar-refractivity contribution in [2.45, 2.75) is 33.3 Å². The highest BCUT2D eigenvalue weighted by Crippen LogP contribution is 2.38. The predicted octanol–water partition coefficient (Wildman–Crippen LogP) is 3.37. The zero-order valence-electron chi connectivity index (χ0n) is 15.1. The highest BCUT2D eigenvalue weighted by Gasteiger charge is 2.47. The zero-order chi connectivity index (χ0) is 17.4. The first-order chi connectivity index (χ1) is 11.3. The third kappa shape index (κ3) is 3.16. The summed E-state index contributed by atoms with van der Waals surface area (Å²) in [7, 11) is 1.20. The predicted molar refractivity (Wildman–Crippen MR) is 96.7 cm³/mol. The van der Waals surface area contributed by atoms with Crippen molar-refractivity contribution in [2.24, 2.45) is 5.41 Å². The van der Waals surface area contributed by atoms with Crippen LogP contribution in [0, 0.1) is 5.41 Å². The monoisotopic (exact) mass is 328 g/mol. The van der Waals surface area contributed by atoms with Crippen molar-refractivity contribution in [3.05, 3.63) is 36.4 Å². The second-order valence-corrected chi connectivity index (χ2v) is 7.44. The maximum atomic E-state index is 6.33. The third-order valence-corrected chi connectivity index (χ3v) is 5.09. The molecule has 0 aromatic heterocycles. The van der Waals surface area contributed by atoms with Crippen LogP contribution in [0.15, 0.2) is 36.4 Å². The molecule has 1 aliphatic heterocycles. The first kappa shape index (κ1) is 17.3. The molecule has 0 spiro atoms. The molecule has 2 aromatic rings. The summed E-state index contributed by atoms with van der Waals surface area (Å²) in [5, 5.41) is 2.21. The Hall–Kier alpha value is -1.56. The number of fused-ring (bicyclic) bond motifs is 1. The number of ether oxygens (including phenoxy) is 2. The summed E-state index contributed by atoms with van der Waals surface area (Å²) in [4.78, 5) is 0. The highest BCUT2D eigenvalue weighted by molar-refractivity contribution is 6.64. The number of rotatable bonds is 4. The average molecular weight is 328 g/mol. The maximum absolute atomic E-state index is 6.33. The molecular formula is C19H25BO4. The molecule has 0 atom stereocenters. The first-order valence-corrected chi connectivity index (χ1v) is 8.28. The summed E-state index contributed by atoms with van der Waals surface area (Å²) in [6.45, 7) is 9.43. The van der Waals surface area contributed by atoms with Gasteiger partial charge in [-0.05, 0) is 42.2 Å². The van der Waals surface area contributed by atoms with Crippen LogP contribution in [-0.4, -0.2) is 33.2 Å². The molecule has 0 bridgehead atoms. The Labute approximate surface area is 144 Å². The Kier molecular flexibility index (Phi) is 4.60. The molecule has 2 aromatic carbocycles. The fourth-order valence-corrected chi connectivity index (χ4v) is 2.79. The lowest BCUT2D eigenvalue weighted by atomic mass is 9.68. The molecule has 0 amide bonds. The van der Waals surface area contributed by atoms with E-state index in [1.54, 1.807) is 7.11 Å². The van der Waals surface area contributed by atoms with Gasteiger partial charge in [0, 0.05) is 19.1 Å². The van der Waals surface area contributed by atoms with Gasteiger partial charge < -0.3 is 18.8 Å². The number of benzene rings is 2. The number of methoxy groups -OCH3 is 1. The molecule has 0 aliphatic carbocycles. The van der Waals surface area contributed by atoms with E-state index >= 15 is 0 Å². The SMILES string of the molecule is COCOc1cc(B2OCC(C)(C)C(C)(C)O2)c2ccccc2c1. The Morgan fingerprint density at radius 2 is 1.88 bits per heavy atom. The lowest BCUT2D eigenvalue weighted by Gasteiger charge is -2.47. The van der Waals surface area contributed by atoms with Gasteiger partial charge in [-0.2, -0.15) is 0 Å². The van der Waals surface area contributed by atoms with Crippen LogP contribution in [0.3, 0.4) is 0 Å². The van der Waals surface area contributed by atoms with Gasteiger partial charge >= 0.3 is 7.12 Å². The standard InChI is InChI=1S/C19H25BO4/c1-18(2)12-23-20(24-19(18,3)4)17-11-15(22-13-21-5)10-14-8-6-7-9-16(14)17/h6-11H,12-13H2,1-5H3. The van der Waals surface area contributed by atoms with Gasteiger partial charge in [-0.15, -0.1) is 0 Å². The molecule has 5 heteroatoms. The molecule has 24 heavy (non-hydrogen) atoms. The van der Waals surface area contributed by atoms with E-state index in [4.69, 9.17) is 18.8 Å². The van der Waals surface area contributed by atoms with Crippen molar-refractivity contribution in [2.75, 3.05) is 20.5 Å². The van der Waals surface area contributed by atoms with E-state index in [2.05, 4.69) is 39.8 Å². The van der Waals surface area contributed by atoms with E-state index in [9.17, 15) is 0 Å². The molecule has 0 unspecified atom stereocenters. The van der Waals surface area contributed by atoms with E-state index in [-0.39, 0.29) is 17.8 Å². The molecule has 1 fully saturated rings. The maximum Gasteiger partial charge on any atom is 0.495 e. The molecule has 128 valence electrons. The topological polar surface area (TPSA) is 36.9 Å². The molecule has 4 nitrogen and oxygen atoms in total. The van der Waals surface area contributed by atoms with Crippen LogP contribution in [0.1, 0.15) is 27.7 Å². The molecule has 0 radical (unpaired) electrons. The third-order valence-electron chi connectivity index (χ3n) is 5.09. The van der Waals surface area contributed by atoms with Crippen molar-refractivity contribution >= 4 is 23.4 Å². The van der Waals surface area contributed by atoms with E-state index in [0.717, 1.165) is 22.0 Å². The fourth-order valence-electron chi connectivity index (χ4n) is 2.79. The molecule has 1 heterocycles.